The standard InChI is InChI=1S/C26H32N4O6S/c1-6-13-37-19-11-12-21-20(14-19)28-23(29-25(33)34-5)30(21)16-35-22(31)18-9-7-17(8-10-18)15-27-24(32)36-26(2,3)4/h7-12,14H,6,13,15-16H2,1-5H3,(H,27,32)(H,28,29,33). The molecule has 0 fully saturated rings. The summed E-state index contributed by atoms with van der Waals surface area (Å²) in [6.45, 7) is 7.57. The van der Waals surface area contributed by atoms with E-state index in [2.05, 4.69) is 22.5 Å². The highest BCUT2D eigenvalue weighted by atomic mass is 32.2. The molecule has 0 radical (unpaired) electrons. The second-order valence-electron chi connectivity index (χ2n) is 9.09. The Bertz CT molecular complexity index is 1250. The fraction of sp³-hybridized carbons (Fsp3) is 0.385. The fourth-order valence-electron chi connectivity index (χ4n) is 3.24. The number of methoxy groups -OCH3 is 1. The molecule has 0 saturated carbocycles. The van der Waals surface area contributed by atoms with Crippen LogP contribution in [0.2, 0.25) is 0 Å². The van der Waals surface area contributed by atoms with E-state index in [0.717, 1.165) is 22.6 Å². The van der Waals surface area contributed by atoms with E-state index in [1.807, 2.05) is 18.2 Å². The number of aromatic nitrogens is 2. The molecule has 37 heavy (non-hydrogen) atoms. The van der Waals surface area contributed by atoms with Gasteiger partial charge in [-0.2, -0.15) is 0 Å². The second-order valence-corrected chi connectivity index (χ2v) is 10.3. The van der Waals surface area contributed by atoms with Crippen LogP contribution >= 0.6 is 11.8 Å². The molecule has 0 spiro atoms. The number of nitrogens with zero attached hydrogens (tertiary/aromatic N) is 2. The highest BCUT2D eigenvalue weighted by molar-refractivity contribution is 7.99. The fourth-order valence-corrected chi connectivity index (χ4v) is 4.04. The maximum atomic E-state index is 12.7. The summed E-state index contributed by atoms with van der Waals surface area (Å²) < 4.78 is 17.0. The lowest BCUT2D eigenvalue weighted by molar-refractivity contribution is 0.0381. The van der Waals surface area contributed by atoms with Gasteiger partial charge in [0, 0.05) is 11.4 Å². The summed E-state index contributed by atoms with van der Waals surface area (Å²) in [5.41, 5.74) is 1.91. The number of ether oxygens (including phenoxy) is 3. The Morgan fingerprint density at radius 3 is 2.43 bits per heavy atom. The molecule has 0 atom stereocenters. The lowest BCUT2D eigenvalue weighted by Gasteiger charge is -2.19. The monoisotopic (exact) mass is 528 g/mol. The molecule has 2 aromatic carbocycles. The van der Waals surface area contributed by atoms with Crippen molar-refractivity contribution < 1.29 is 28.6 Å². The average Bonchev–Trinajstić information content (AvgIpc) is 3.19. The van der Waals surface area contributed by atoms with E-state index in [-0.39, 0.29) is 19.2 Å². The second kappa shape index (κ2) is 12.5. The highest BCUT2D eigenvalue weighted by Gasteiger charge is 2.17. The molecule has 2 amide bonds. The lowest BCUT2D eigenvalue weighted by Crippen LogP contribution is -2.32. The van der Waals surface area contributed by atoms with Crippen molar-refractivity contribution in [1.82, 2.24) is 14.9 Å². The zero-order chi connectivity index (χ0) is 27.0. The predicted molar refractivity (Wildman–Crippen MR) is 142 cm³/mol. The third-order valence-electron chi connectivity index (χ3n) is 4.94. The molecule has 2 N–H and O–H groups in total. The third-order valence-corrected chi connectivity index (χ3v) is 6.14. The summed E-state index contributed by atoms with van der Waals surface area (Å²) >= 11 is 1.72. The first-order chi connectivity index (χ1) is 17.6. The summed E-state index contributed by atoms with van der Waals surface area (Å²) in [4.78, 5) is 41.9. The molecule has 0 aliphatic carbocycles. The van der Waals surface area contributed by atoms with Crippen LogP contribution in [-0.2, 0) is 27.5 Å². The Kier molecular flexibility index (Phi) is 9.40. The Hall–Kier alpha value is -3.73. The molecule has 0 unspecified atom stereocenters. The number of alkyl carbamates (subject to hydrolysis) is 1. The number of thioether (sulfide) groups is 1. The smallest absolute Gasteiger partial charge is 0.413 e. The van der Waals surface area contributed by atoms with E-state index in [4.69, 9.17) is 14.2 Å². The van der Waals surface area contributed by atoms with Gasteiger partial charge in [0.25, 0.3) is 0 Å². The van der Waals surface area contributed by atoms with Crippen LogP contribution in [0.5, 0.6) is 0 Å². The van der Waals surface area contributed by atoms with Gasteiger partial charge in [-0.1, -0.05) is 19.1 Å². The normalized spacial score (nSPS) is 11.2. The molecule has 0 aliphatic heterocycles. The van der Waals surface area contributed by atoms with Gasteiger partial charge in [0.15, 0.2) is 6.73 Å². The zero-order valence-electron chi connectivity index (χ0n) is 21.6. The Morgan fingerprint density at radius 2 is 1.78 bits per heavy atom. The first-order valence-electron chi connectivity index (χ1n) is 11.8. The summed E-state index contributed by atoms with van der Waals surface area (Å²) in [5, 5.41) is 5.24. The van der Waals surface area contributed by atoms with Gasteiger partial charge in [0.05, 0.1) is 23.7 Å². The van der Waals surface area contributed by atoms with Gasteiger partial charge >= 0.3 is 18.2 Å². The molecular weight excluding hydrogens is 496 g/mol. The lowest BCUT2D eigenvalue weighted by atomic mass is 10.1. The number of carbonyl (C=O) groups is 3. The van der Waals surface area contributed by atoms with E-state index in [0.29, 0.717) is 16.6 Å². The minimum atomic E-state index is -0.681. The van der Waals surface area contributed by atoms with Gasteiger partial charge in [-0.15, -0.1) is 11.8 Å². The van der Waals surface area contributed by atoms with Crippen LogP contribution in [0.15, 0.2) is 47.4 Å². The molecule has 10 nitrogen and oxygen atoms in total. The number of nitrogens with one attached hydrogen (secondary N) is 2. The van der Waals surface area contributed by atoms with Gasteiger partial charge < -0.3 is 19.5 Å². The number of carbonyl (C=O) groups excluding carboxylic acids is 3. The zero-order valence-corrected chi connectivity index (χ0v) is 22.4. The molecule has 1 heterocycles. The average molecular weight is 529 g/mol. The number of hydrogen-bond acceptors (Lipinski definition) is 8. The van der Waals surface area contributed by atoms with E-state index >= 15 is 0 Å². The van der Waals surface area contributed by atoms with Crippen LogP contribution in [-0.4, -0.2) is 46.2 Å². The van der Waals surface area contributed by atoms with Gasteiger partial charge in [-0.05, 0) is 68.8 Å². The quantitative estimate of drug-likeness (QED) is 0.210. The molecule has 1 aromatic heterocycles. The topological polar surface area (TPSA) is 121 Å². The van der Waals surface area contributed by atoms with Crippen molar-refractivity contribution in [3.8, 4) is 0 Å². The summed E-state index contributed by atoms with van der Waals surface area (Å²) in [7, 11) is 1.26. The minimum absolute atomic E-state index is 0.169. The number of benzene rings is 2. The number of hydrogen-bond donors (Lipinski definition) is 2. The van der Waals surface area contributed by atoms with Gasteiger partial charge in [-0.25, -0.2) is 19.4 Å². The maximum absolute atomic E-state index is 12.7. The van der Waals surface area contributed by atoms with E-state index in [9.17, 15) is 14.4 Å². The van der Waals surface area contributed by atoms with Crippen LogP contribution < -0.4 is 10.6 Å². The molecule has 0 bridgehead atoms. The van der Waals surface area contributed by atoms with Crippen molar-refractivity contribution in [2.24, 2.45) is 0 Å². The number of anilines is 1. The summed E-state index contributed by atoms with van der Waals surface area (Å²) in [6, 6.07) is 12.5. The number of esters is 1. The number of rotatable bonds is 9. The molecule has 3 rings (SSSR count). The Balaban J connectivity index is 1.68. The Labute approximate surface area is 220 Å². The van der Waals surface area contributed by atoms with Crippen LogP contribution in [0, 0.1) is 0 Å². The van der Waals surface area contributed by atoms with Crippen molar-refractivity contribution in [3.63, 3.8) is 0 Å². The van der Waals surface area contributed by atoms with Gasteiger partial charge in [-0.3, -0.25) is 9.88 Å². The Morgan fingerprint density at radius 1 is 1.05 bits per heavy atom. The van der Waals surface area contributed by atoms with Crippen molar-refractivity contribution in [1.29, 1.82) is 0 Å². The number of imidazole rings is 1. The molecular formula is C26H32N4O6S. The van der Waals surface area contributed by atoms with Crippen LogP contribution in [0.4, 0.5) is 15.5 Å². The van der Waals surface area contributed by atoms with Crippen LogP contribution in [0.3, 0.4) is 0 Å². The first-order valence-corrected chi connectivity index (χ1v) is 12.8. The molecule has 3 aromatic rings. The van der Waals surface area contributed by atoms with Crippen molar-refractivity contribution in [2.75, 3.05) is 18.2 Å². The minimum Gasteiger partial charge on any atom is -0.453 e. The first kappa shape index (κ1) is 27.9. The molecule has 11 heteroatoms. The third kappa shape index (κ3) is 8.14. The molecule has 0 saturated heterocycles. The van der Waals surface area contributed by atoms with Gasteiger partial charge in [0.1, 0.15) is 5.60 Å². The summed E-state index contributed by atoms with van der Waals surface area (Å²) in [6.07, 6.45) is -0.154. The largest absolute Gasteiger partial charge is 0.453 e. The van der Waals surface area contributed by atoms with E-state index < -0.39 is 23.8 Å². The number of amides is 2. The van der Waals surface area contributed by atoms with Crippen molar-refractivity contribution in [2.45, 2.75) is 57.9 Å². The van der Waals surface area contributed by atoms with Gasteiger partial charge in [0.2, 0.25) is 5.95 Å². The van der Waals surface area contributed by atoms with Crippen LogP contribution in [0.1, 0.15) is 50.0 Å². The van der Waals surface area contributed by atoms with Crippen LogP contribution in [0.25, 0.3) is 11.0 Å². The predicted octanol–water partition coefficient (Wildman–Crippen LogP) is 5.56. The van der Waals surface area contributed by atoms with Crippen molar-refractivity contribution in [3.05, 3.63) is 53.6 Å². The highest BCUT2D eigenvalue weighted by Crippen LogP contribution is 2.27. The van der Waals surface area contributed by atoms with E-state index in [1.165, 1.54) is 7.11 Å². The van der Waals surface area contributed by atoms with E-state index in [1.54, 1.807) is 61.4 Å². The maximum Gasteiger partial charge on any atom is 0.413 e. The van der Waals surface area contributed by atoms with Crippen molar-refractivity contribution >= 4 is 46.9 Å². The SMILES string of the molecule is CCCSc1ccc2c(c1)nc(NC(=O)OC)n2COC(=O)c1ccc(CNC(=O)OC(C)(C)C)cc1. The summed E-state index contributed by atoms with van der Waals surface area (Å²) in [5.74, 6) is 0.635. The number of fused-ring (bicyclic) bond motifs is 1. The molecule has 0 aliphatic rings. The molecule has 198 valence electrons.